The van der Waals surface area contributed by atoms with Crippen LogP contribution in [0.25, 0.3) is 0 Å². The molecule has 0 rings (SSSR count). The van der Waals surface area contributed by atoms with Crippen molar-refractivity contribution in [3.05, 3.63) is 0 Å². The second kappa shape index (κ2) is 5.51. The minimum atomic E-state index is -0.489. The molecular formula is C9H21NO2. The van der Waals surface area contributed by atoms with E-state index in [2.05, 4.69) is 13.8 Å². The molecule has 74 valence electrons. The van der Waals surface area contributed by atoms with Crippen molar-refractivity contribution < 1.29 is 9.84 Å². The van der Waals surface area contributed by atoms with E-state index >= 15 is 0 Å². The zero-order chi connectivity index (χ0) is 9.61. The van der Waals surface area contributed by atoms with E-state index in [-0.39, 0.29) is 6.61 Å². The molecule has 3 heteroatoms. The van der Waals surface area contributed by atoms with Crippen LogP contribution in [0, 0.1) is 5.92 Å². The van der Waals surface area contributed by atoms with Gasteiger partial charge in [-0.2, -0.15) is 0 Å². The molecule has 1 atom stereocenters. The zero-order valence-corrected chi connectivity index (χ0v) is 8.34. The number of hydrogen-bond donors (Lipinski definition) is 2. The average molecular weight is 175 g/mol. The monoisotopic (exact) mass is 175 g/mol. The summed E-state index contributed by atoms with van der Waals surface area (Å²) in [5.74, 6) is 0.558. The smallest absolute Gasteiger partial charge is 0.0609 e. The fourth-order valence-corrected chi connectivity index (χ4v) is 0.703. The third-order valence-corrected chi connectivity index (χ3v) is 1.63. The molecule has 0 aliphatic heterocycles. The van der Waals surface area contributed by atoms with Crippen LogP contribution >= 0.6 is 0 Å². The molecule has 0 aliphatic rings. The molecule has 12 heavy (non-hydrogen) atoms. The summed E-state index contributed by atoms with van der Waals surface area (Å²) >= 11 is 0. The van der Waals surface area contributed by atoms with Crippen molar-refractivity contribution in [2.24, 2.45) is 11.7 Å². The summed E-state index contributed by atoms with van der Waals surface area (Å²) in [5, 5.41) is 8.82. The van der Waals surface area contributed by atoms with E-state index in [0.717, 1.165) is 6.61 Å². The number of aliphatic hydroxyl groups is 1. The maximum Gasteiger partial charge on any atom is 0.0609 e. The fraction of sp³-hybridized carbons (Fsp3) is 1.00. The number of hydrogen-bond acceptors (Lipinski definition) is 3. The van der Waals surface area contributed by atoms with Gasteiger partial charge in [0, 0.05) is 18.8 Å². The van der Waals surface area contributed by atoms with Gasteiger partial charge in [-0.1, -0.05) is 13.8 Å². The molecule has 0 aromatic rings. The topological polar surface area (TPSA) is 55.5 Å². The highest BCUT2D eigenvalue weighted by molar-refractivity contribution is 4.76. The van der Waals surface area contributed by atoms with Crippen molar-refractivity contribution in [3.63, 3.8) is 0 Å². The maximum atomic E-state index is 8.82. The normalized spacial score (nSPS) is 16.5. The SMILES string of the molecule is CC(C)COCCC(C)(N)CO. The van der Waals surface area contributed by atoms with Crippen LogP contribution < -0.4 is 5.73 Å². The quantitative estimate of drug-likeness (QED) is 0.586. The van der Waals surface area contributed by atoms with Crippen molar-refractivity contribution in [1.29, 1.82) is 0 Å². The van der Waals surface area contributed by atoms with Crippen molar-refractivity contribution in [2.75, 3.05) is 19.8 Å². The minimum absolute atomic E-state index is 0.0119. The Balaban J connectivity index is 3.31. The first-order valence-electron chi connectivity index (χ1n) is 4.45. The minimum Gasteiger partial charge on any atom is -0.394 e. The van der Waals surface area contributed by atoms with Gasteiger partial charge in [0.05, 0.1) is 6.61 Å². The Bertz CT molecular complexity index is 113. The van der Waals surface area contributed by atoms with Crippen LogP contribution in [0.1, 0.15) is 27.2 Å². The molecule has 0 radical (unpaired) electrons. The molecule has 0 spiro atoms. The molecule has 0 amide bonds. The molecule has 0 aliphatic carbocycles. The number of nitrogens with two attached hydrogens (primary N) is 1. The summed E-state index contributed by atoms with van der Waals surface area (Å²) in [7, 11) is 0. The lowest BCUT2D eigenvalue weighted by Gasteiger charge is -2.21. The van der Waals surface area contributed by atoms with E-state index in [1.54, 1.807) is 0 Å². The van der Waals surface area contributed by atoms with E-state index in [9.17, 15) is 0 Å². The fourth-order valence-electron chi connectivity index (χ4n) is 0.703. The molecule has 1 unspecified atom stereocenters. The van der Waals surface area contributed by atoms with Crippen LogP contribution in [-0.2, 0) is 4.74 Å². The summed E-state index contributed by atoms with van der Waals surface area (Å²) < 4.78 is 5.34. The van der Waals surface area contributed by atoms with Gasteiger partial charge in [0.25, 0.3) is 0 Å². The average Bonchev–Trinajstić information content (AvgIpc) is 1.98. The van der Waals surface area contributed by atoms with E-state index in [1.165, 1.54) is 0 Å². The van der Waals surface area contributed by atoms with Crippen LogP contribution in [0.3, 0.4) is 0 Å². The summed E-state index contributed by atoms with van der Waals surface area (Å²) in [5.41, 5.74) is 5.21. The first-order valence-corrected chi connectivity index (χ1v) is 4.45. The van der Waals surface area contributed by atoms with Crippen LogP contribution in [0.5, 0.6) is 0 Å². The third-order valence-electron chi connectivity index (χ3n) is 1.63. The number of aliphatic hydroxyl groups excluding tert-OH is 1. The summed E-state index contributed by atoms with van der Waals surface area (Å²) in [6.07, 6.45) is 0.705. The Morgan fingerprint density at radius 2 is 2.08 bits per heavy atom. The van der Waals surface area contributed by atoms with E-state index in [4.69, 9.17) is 15.6 Å². The molecule has 3 nitrogen and oxygen atoms in total. The van der Waals surface area contributed by atoms with Gasteiger partial charge in [0.2, 0.25) is 0 Å². The van der Waals surface area contributed by atoms with Crippen molar-refractivity contribution >= 4 is 0 Å². The van der Waals surface area contributed by atoms with Crippen LogP contribution in [0.4, 0.5) is 0 Å². The van der Waals surface area contributed by atoms with Crippen LogP contribution in [0.2, 0.25) is 0 Å². The van der Waals surface area contributed by atoms with Gasteiger partial charge in [-0.15, -0.1) is 0 Å². The molecule has 0 fully saturated rings. The van der Waals surface area contributed by atoms with Gasteiger partial charge < -0.3 is 15.6 Å². The van der Waals surface area contributed by atoms with Gasteiger partial charge in [0.15, 0.2) is 0 Å². The molecule has 0 heterocycles. The molecule has 0 aromatic carbocycles. The van der Waals surface area contributed by atoms with Crippen LogP contribution in [-0.4, -0.2) is 30.5 Å². The Labute approximate surface area is 74.9 Å². The van der Waals surface area contributed by atoms with E-state index in [0.29, 0.717) is 18.9 Å². The molecular weight excluding hydrogens is 154 g/mol. The standard InChI is InChI=1S/C9H21NO2/c1-8(2)6-12-5-4-9(3,10)7-11/h8,11H,4-7,10H2,1-3H3. The van der Waals surface area contributed by atoms with E-state index in [1.807, 2.05) is 6.92 Å². The van der Waals surface area contributed by atoms with Gasteiger partial charge >= 0.3 is 0 Å². The third kappa shape index (κ3) is 6.58. The Kier molecular flexibility index (Phi) is 5.46. The van der Waals surface area contributed by atoms with Crippen molar-refractivity contribution in [1.82, 2.24) is 0 Å². The lowest BCUT2D eigenvalue weighted by molar-refractivity contribution is 0.0833. The Morgan fingerprint density at radius 1 is 1.50 bits per heavy atom. The second-order valence-electron chi connectivity index (χ2n) is 4.03. The molecule has 0 bridgehead atoms. The molecule has 0 aromatic heterocycles. The largest absolute Gasteiger partial charge is 0.394 e. The van der Waals surface area contributed by atoms with Gasteiger partial charge in [0.1, 0.15) is 0 Å². The lowest BCUT2D eigenvalue weighted by Crippen LogP contribution is -2.41. The van der Waals surface area contributed by atoms with Gasteiger partial charge in [-0.3, -0.25) is 0 Å². The predicted molar refractivity (Wildman–Crippen MR) is 50.0 cm³/mol. The van der Waals surface area contributed by atoms with Crippen molar-refractivity contribution in [3.8, 4) is 0 Å². The Hall–Kier alpha value is -0.120. The Morgan fingerprint density at radius 3 is 2.50 bits per heavy atom. The highest BCUT2D eigenvalue weighted by Gasteiger charge is 2.16. The van der Waals surface area contributed by atoms with Crippen molar-refractivity contribution in [2.45, 2.75) is 32.7 Å². The molecule has 0 saturated carbocycles. The second-order valence-corrected chi connectivity index (χ2v) is 4.03. The highest BCUT2D eigenvalue weighted by Crippen LogP contribution is 2.04. The zero-order valence-electron chi connectivity index (χ0n) is 8.34. The predicted octanol–water partition coefficient (Wildman–Crippen LogP) is 0.759. The van der Waals surface area contributed by atoms with E-state index < -0.39 is 5.54 Å². The summed E-state index contributed by atoms with van der Waals surface area (Å²) in [6.45, 7) is 7.44. The van der Waals surface area contributed by atoms with Crippen LogP contribution in [0.15, 0.2) is 0 Å². The number of rotatable bonds is 6. The maximum absolute atomic E-state index is 8.82. The first kappa shape index (κ1) is 11.9. The van der Waals surface area contributed by atoms with Gasteiger partial charge in [-0.05, 0) is 19.3 Å². The highest BCUT2D eigenvalue weighted by atomic mass is 16.5. The molecule has 3 N–H and O–H groups in total. The lowest BCUT2D eigenvalue weighted by atomic mass is 10.0. The summed E-state index contributed by atoms with van der Waals surface area (Å²) in [6, 6.07) is 0. The van der Waals surface area contributed by atoms with Gasteiger partial charge in [-0.25, -0.2) is 0 Å². The molecule has 0 saturated heterocycles. The number of ether oxygens (including phenoxy) is 1. The summed E-state index contributed by atoms with van der Waals surface area (Å²) in [4.78, 5) is 0. The first-order chi connectivity index (χ1) is 5.48.